The van der Waals surface area contributed by atoms with Crippen molar-refractivity contribution in [2.24, 2.45) is 23.7 Å². The standard InChI is InChI=1S/C30H35N5O6/c1-41-26(37)7-3-2-5-23(32-28(38)19-8-10-31-11-9-19)29(39)33-24-6-4-12-35(30(24)40)17-25(36)34-27-21-14-18-13-20(16-21)22(27)15-18/h3-4,6-12,18,20-23,27H,2,5,13-17H2,1H3,(H,32,38)(H,33,39)(H,34,36)/b7-3+/t18?,20?,21?,22?,23-,27?/m0/s1. The second-order valence-corrected chi connectivity index (χ2v) is 11.2. The third-order valence-electron chi connectivity index (χ3n) is 8.62. The summed E-state index contributed by atoms with van der Waals surface area (Å²) >= 11 is 0. The Hall–Kier alpha value is -4.28. The Bertz CT molecular complexity index is 1390. The Kier molecular flexibility index (Phi) is 8.61. The van der Waals surface area contributed by atoms with E-state index < -0.39 is 29.4 Å². The monoisotopic (exact) mass is 561 g/mol. The first-order chi connectivity index (χ1) is 19.8. The van der Waals surface area contributed by atoms with E-state index in [9.17, 15) is 24.0 Å². The SMILES string of the molecule is COC(=O)/C=C/CC[C@H](NC(=O)c1ccncc1)C(=O)Nc1cccn(CC(=O)NC2C3CC4CC(C3)C2C4)c1=O. The van der Waals surface area contributed by atoms with Crippen molar-refractivity contribution in [1.82, 2.24) is 20.2 Å². The van der Waals surface area contributed by atoms with E-state index in [2.05, 4.69) is 25.7 Å². The zero-order valence-electron chi connectivity index (χ0n) is 23.0. The van der Waals surface area contributed by atoms with Crippen molar-refractivity contribution in [2.45, 2.75) is 57.2 Å². The van der Waals surface area contributed by atoms with Crippen LogP contribution in [0.1, 0.15) is 48.9 Å². The third kappa shape index (κ3) is 6.55. The maximum Gasteiger partial charge on any atom is 0.330 e. The topological polar surface area (TPSA) is 148 Å². The number of amides is 3. The summed E-state index contributed by atoms with van der Waals surface area (Å²) in [5.74, 6) is 0.773. The van der Waals surface area contributed by atoms with Crippen molar-refractivity contribution >= 4 is 29.4 Å². The summed E-state index contributed by atoms with van der Waals surface area (Å²) in [5, 5.41) is 8.49. The highest BCUT2D eigenvalue weighted by Crippen LogP contribution is 2.58. The molecule has 2 aromatic heterocycles. The molecule has 11 heteroatoms. The molecule has 0 saturated heterocycles. The predicted molar refractivity (Wildman–Crippen MR) is 150 cm³/mol. The van der Waals surface area contributed by atoms with Crippen LogP contribution in [0, 0.1) is 23.7 Å². The molecular formula is C30H35N5O6. The molecule has 0 spiro atoms. The molecule has 0 aliphatic heterocycles. The van der Waals surface area contributed by atoms with Gasteiger partial charge in [-0.25, -0.2) is 4.79 Å². The lowest BCUT2D eigenvalue weighted by Gasteiger charge is -2.32. The van der Waals surface area contributed by atoms with Crippen LogP contribution in [0.15, 0.2) is 59.8 Å². The zero-order chi connectivity index (χ0) is 28.9. The smallest absolute Gasteiger partial charge is 0.330 e. The van der Waals surface area contributed by atoms with E-state index in [4.69, 9.17) is 0 Å². The first kappa shape index (κ1) is 28.3. The number of carbonyl (C=O) groups excluding carboxylic acids is 4. The summed E-state index contributed by atoms with van der Waals surface area (Å²) in [6.07, 6.45) is 12.5. The van der Waals surface area contributed by atoms with Crippen molar-refractivity contribution in [3.63, 3.8) is 0 Å². The lowest BCUT2D eigenvalue weighted by atomic mass is 9.79. The number of carbonyl (C=O) groups is 4. The lowest BCUT2D eigenvalue weighted by Crippen LogP contribution is -2.46. The van der Waals surface area contributed by atoms with Gasteiger partial charge in [0.2, 0.25) is 11.8 Å². The van der Waals surface area contributed by atoms with Crippen molar-refractivity contribution in [1.29, 1.82) is 0 Å². The molecule has 11 nitrogen and oxygen atoms in total. The number of hydrogen-bond acceptors (Lipinski definition) is 7. The molecule has 0 aromatic carbocycles. The summed E-state index contributed by atoms with van der Waals surface area (Å²) in [4.78, 5) is 67.4. The first-order valence-electron chi connectivity index (χ1n) is 14.1. The quantitative estimate of drug-likeness (QED) is 0.281. The molecule has 0 radical (unpaired) electrons. The number of nitrogens with zero attached hydrogens (tertiary/aromatic N) is 2. The highest BCUT2D eigenvalue weighted by molar-refractivity contribution is 6.01. The molecule has 4 fully saturated rings. The number of nitrogens with one attached hydrogen (secondary N) is 3. The molecule has 3 amide bonds. The number of hydrogen-bond donors (Lipinski definition) is 3. The van der Waals surface area contributed by atoms with E-state index in [1.165, 1.54) is 80.2 Å². The fourth-order valence-corrected chi connectivity index (χ4v) is 6.85. The summed E-state index contributed by atoms with van der Waals surface area (Å²) in [5.41, 5.74) is -0.202. The Morgan fingerprint density at radius 2 is 1.88 bits per heavy atom. The van der Waals surface area contributed by atoms with Gasteiger partial charge in [-0.2, -0.15) is 0 Å². The van der Waals surface area contributed by atoms with Gasteiger partial charge in [0, 0.05) is 36.3 Å². The van der Waals surface area contributed by atoms with Crippen LogP contribution in [-0.2, 0) is 25.7 Å². The molecule has 4 aliphatic rings. The third-order valence-corrected chi connectivity index (χ3v) is 8.62. The number of methoxy groups -OCH3 is 1. The van der Waals surface area contributed by atoms with Crippen LogP contribution in [0.25, 0.3) is 0 Å². The van der Waals surface area contributed by atoms with E-state index in [-0.39, 0.29) is 37.0 Å². The van der Waals surface area contributed by atoms with E-state index in [1.807, 2.05) is 0 Å². The Balaban J connectivity index is 1.23. The minimum Gasteiger partial charge on any atom is -0.466 e. The van der Waals surface area contributed by atoms with Gasteiger partial charge < -0.3 is 25.3 Å². The summed E-state index contributed by atoms with van der Waals surface area (Å²) in [7, 11) is 1.26. The van der Waals surface area contributed by atoms with Crippen LogP contribution in [0.3, 0.4) is 0 Å². The van der Waals surface area contributed by atoms with Crippen molar-refractivity contribution in [3.8, 4) is 0 Å². The largest absolute Gasteiger partial charge is 0.466 e. The van der Waals surface area contributed by atoms with Gasteiger partial charge in [0.1, 0.15) is 18.3 Å². The number of rotatable bonds is 11. The molecule has 4 saturated carbocycles. The van der Waals surface area contributed by atoms with Gasteiger partial charge in [-0.15, -0.1) is 0 Å². The minimum atomic E-state index is -1.01. The second kappa shape index (κ2) is 12.5. The molecule has 3 N–H and O–H groups in total. The normalized spacial score (nSPS) is 24.7. The zero-order valence-corrected chi connectivity index (χ0v) is 23.0. The number of allylic oxidation sites excluding steroid dienone is 1. The Labute approximate surface area is 237 Å². The number of ether oxygens (including phenoxy) is 1. The van der Waals surface area contributed by atoms with Crippen LogP contribution in [-0.4, -0.2) is 52.4 Å². The van der Waals surface area contributed by atoms with Crippen LogP contribution in [0.4, 0.5) is 5.69 Å². The van der Waals surface area contributed by atoms with E-state index in [0.717, 1.165) is 5.92 Å². The van der Waals surface area contributed by atoms with Crippen molar-refractivity contribution in [2.75, 3.05) is 12.4 Å². The molecule has 6 rings (SSSR count). The van der Waals surface area contributed by atoms with Crippen LogP contribution in [0.5, 0.6) is 0 Å². The highest BCUT2D eigenvalue weighted by atomic mass is 16.5. The van der Waals surface area contributed by atoms with Crippen molar-refractivity contribution < 1.29 is 23.9 Å². The van der Waals surface area contributed by atoms with Crippen LogP contribution in [0.2, 0.25) is 0 Å². The van der Waals surface area contributed by atoms with E-state index in [1.54, 1.807) is 12.1 Å². The van der Waals surface area contributed by atoms with Crippen molar-refractivity contribution in [3.05, 3.63) is 70.9 Å². The average Bonchev–Trinajstić information content (AvgIpc) is 3.39. The second-order valence-electron chi connectivity index (χ2n) is 11.2. The summed E-state index contributed by atoms with van der Waals surface area (Å²) in [6.45, 7) is -0.146. The van der Waals surface area contributed by atoms with Crippen LogP contribution < -0.4 is 21.5 Å². The van der Waals surface area contributed by atoms with E-state index >= 15 is 0 Å². The number of aromatic nitrogens is 2. The Morgan fingerprint density at radius 1 is 1.10 bits per heavy atom. The minimum absolute atomic E-state index is 0.00267. The molecule has 4 aliphatic carbocycles. The van der Waals surface area contributed by atoms with Gasteiger partial charge in [0.25, 0.3) is 11.5 Å². The predicted octanol–water partition coefficient (Wildman–Crippen LogP) is 2.04. The van der Waals surface area contributed by atoms with Gasteiger partial charge in [0.05, 0.1) is 7.11 Å². The molecule has 4 bridgehead atoms. The van der Waals surface area contributed by atoms with E-state index in [0.29, 0.717) is 23.3 Å². The van der Waals surface area contributed by atoms with Gasteiger partial charge in [-0.1, -0.05) is 6.08 Å². The number of anilines is 1. The number of pyridine rings is 2. The molecule has 216 valence electrons. The van der Waals surface area contributed by atoms with Gasteiger partial charge in [0.15, 0.2) is 0 Å². The van der Waals surface area contributed by atoms with Gasteiger partial charge in [-0.05, 0) is 86.5 Å². The average molecular weight is 562 g/mol. The summed E-state index contributed by atoms with van der Waals surface area (Å²) in [6, 6.07) is 5.26. The van der Waals surface area contributed by atoms with Gasteiger partial charge in [-0.3, -0.25) is 24.2 Å². The summed E-state index contributed by atoms with van der Waals surface area (Å²) < 4.78 is 5.85. The maximum absolute atomic E-state index is 13.2. The van der Waals surface area contributed by atoms with Gasteiger partial charge >= 0.3 is 5.97 Å². The lowest BCUT2D eigenvalue weighted by molar-refractivity contribution is -0.134. The molecule has 6 atom stereocenters. The molecule has 41 heavy (non-hydrogen) atoms. The first-order valence-corrected chi connectivity index (χ1v) is 14.1. The molecule has 2 heterocycles. The maximum atomic E-state index is 13.2. The molecule has 2 aromatic rings. The fourth-order valence-electron chi connectivity index (χ4n) is 6.85. The Morgan fingerprint density at radius 3 is 2.63 bits per heavy atom. The highest BCUT2D eigenvalue weighted by Gasteiger charge is 2.54. The molecule has 5 unspecified atom stereocenters. The number of esters is 1. The molecular weight excluding hydrogens is 526 g/mol. The van der Waals surface area contributed by atoms with Crippen LogP contribution >= 0.6 is 0 Å². The fraction of sp³-hybridized carbons (Fsp3) is 0.467.